The zero-order valence-corrected chi connectivity index (χ0v) is 11.2. The van der Waals surface area contributed by atoms with Crippen molar-refractivity contribution in [2.75, 3.05) is 5.32 Å². The van der Waals surface area contributed by atoms with E-state index in [1.807, 2.05) is 38.1 Å². The summed E-state index contributed by atoms with van der Waals surface area (Å²) in [5.74, 6) is 0. The number of anilines is 1. The van der Waals surface area contributed by atoms with Crippen LogP contribution in [0.3, 0.4) is 0 Å². The van der Waals surface area contributed by atoms with Gasteiger partial charge in [-0.2, -0.15) is 13.2 Å². The molecule has 20 heavy (non-hydrogen) atoms. The molecule has 1 unspecified atom stereocenters. The van der Waals surface area contributed by atoms with Crippen LogP contribution in [0, 0.1) is 6.92 Å². The van der Waals surface area contributed by atoms with E-state index in [0.717, 1.165) is 17.2 Å². The number of aromatic nitrogens is 1. The Kier molecular flexibility index (Phi) is 3.97. The summed E-state index contributed by atoms with van der Waals surface area (Å²) in [7, 11) is 0. The average Bonchev–Trinajstić information content (AvgIpc) is 2.38. The third kappa shape index (κ3) is 3.50. The van der Waals surface area contributed by atoms with E-state index in [4.69, 9.17) is 0 Å². The normalized spacial score (nSPS) is 13.1. The Balaban J connectivity index is 2.10. The molecule has 1 N–H and O–H groups in total. The minimum atomic E-state index is -4.40. The first-order chi connectivity index (χ1) is 9.36. The number of halogens is 3. The third-order valence-corrected chi connectivity index (χ3v) is 2.98. The molecular formula is C15H15F3N2. The molecule has 1 aromatic carbocycles. The smallest absolute Gasteiger partial charge is 0.377 e. The Labute approximate surface area is 115 Å². The molecule has 5 heteroatoms. The van der Waals surface area contributed by atoms with Crippen molar-refractivity contribution in [3.05, 3.63) is 59.4 Å². The van der Waals surface area contributed by atoms with Crippen LogP contribution in [0.2, 0.25) is 0 Å². The van der Waals surface area contributed by atoms with Gasteiger partial charge in [-0.3, -0.25) is 0 Å². The Bertz CT molecular complexity index is 576. The highest BCUT2D eigenvalue weighted by Gasteiger charge is 2.32. The quantitative estimate of drug-likeness (QED) is 0.890. The van der Waals surface area contributed by atoms with Crippen LogP contribution in [0.5, 0.6) is 0 Å². The second-order valence-corrected chi connectivity index (χ2v) is 4.71. The lowest BCUT2D eigenvalue weighted by atomic mass is 10.1. The lowest BCUT2D eigenvalue weighted by Crippen LogP contribution is -2.10. The van der Waals surface area contributed by atoms with Crippen molar-refractivity contribution in [1.82, 2.24) is 4.98 Å². The van der Waals surface area contributed by atoms with Gasteiger partial charge < -0.3 is 5.32 Å². The molecule has 2 aromatic rings. The molecule has 0 fully saturated rings. The first-order valence-electron chi connectivity index (χ1n) is 6.22. The number of nitrogens with one attached hydrogen (secondary N) is 1. The van der Waals surface area contributed by atoms with Gasteiger partial charge in [0.25, 0.3) is 0 Å². The molecule has 0 saturated heterocycles. The Hall–Kier alpha value is -2.04. The van der Waals surface area contributed by atoms with E-state index >= 15 is 0 Å². The largest absolute Gasteiger partial charge is 0.433 e. The van der Waals surface area contributed by atoms with Crippen LogP contribution in [-0.4, -0.2) is 4.98 Å². The molecule has 1 aromatic heterocycles. The van der Waals surface area contributed by atoms with Crippen molar-refractivity contribution in [3.8, 4) is 0 Å². The lowest BCUT2D eigenvalue weighted by molar-refractivity contribution is -0.141. The van der Waals surface area contributed by atoms with E-state index in [1.54, 1.807) is 0 Å². The maximum atomic E-state index is 12.4. The van der Waals surface area contributed by atoms with Crippen molar-refractivity contribution < 1.29 is 13.2 Å². The van der Waals surface area contributed by atoms with Crippen LogP contribution in [0.25, 0.3) is 0 Å². The lowest BCUT2D eigenvalue weighted by Gasteiger charge is -2.16. The van der Waals surface area contributed by atoms with E-state index < -0.39 is 11.9 Å². The minimum absolute atomic E-state index is 0.00608. The van der Waals surface area contributed by atoms with Crippen molar-refractivity contribution in [1.29, 1.82) is 0 Å². The van der Waals surface area contributed by atoms with Gasteiger partial charge in [0.05, 0.1) is 11.9 Å². The number of hydrogen-bond donors (Lipinski definition) is 1. The second-order valence-electron chi connectivity index (χ2n) is 4.71. The molecule has 0 aliphatic carbocycles. The Morgan fingerprint density at radius 1 is 1.15 bits per heavy atom. The zero-order chi connectivity index (χ0) is 14.8. The molecule has 1 heterocycles. The fourth-order valence-corrected chi connectivity index (χ4v) is 1.92. The Morgan fingerprint density at radius 3 is 2.45 bits per heavy atom. The van der Waals surface area contributed by atoms with Gasteiger partial charge in [0.1, 0.15) is 5.69 Å². The summed E-state index contributed by atoms with van der Waals surface area (Å²) in [6.45, 7) is 3.95. The van der Waals surface area contributed by atoms with Gasteiger partial charge in [-0.15, -0.1) is 0 Å². The SMILES string of the molecule is Cc1cccc(C(C)Nc2ccc(C(F)(F)F)nc2)c1. The highest BCUT2D eigenvalue weighted by atomic mass is 19.4. The van der Waals surface area contributed by atoms with Crippen molar-refractivity contribution in [2.45, 2.75) is 26.1 Å². The van der Waals surface area contributed by atoms with E-state index in [2.05, 4.69) is 10.3 Å². The first-order valence-corrected chi connectivity index (χ1v) is 6.22. The number of alkyl halides is 3. The molecule has 0 radical (unpaired) electrons. The van der Waals surface area contributed by atoms with Gasteiger partial charge in [-0.05, 0) is 31.5 Å². The summed E-state index contributed by atoms with van der Waals surface area (Å²) < 4.78 is 37.2. The van der Waals surface area contributed by atoms with Crippen LogP contribution in [0.1, 0.15) is 29.8 Å². The summed E-state index contributed by atoms with van der Waals surface area (Å²) in [5.41, 5.74) is 1.89. The number of benzene rings is 1. The van der Waals surface area contributed by atoms with E-state index in [9.17, 15) is 13.2 Å². The first kappa shape index (κ1) is 14.4. The van der Waals surface area contributed by atoms with Crippen LogP contribution >= 0.6 is 0 Å². The summed E-state index contributed by atoms with van der Waals surface area (Å²) >= 11 is 0. The number of pyridine rings is 1. The van der Waals surface area contributed by atoms with Gasteiger partial charge in [0, 0.05) is 6.04 Å². The highest BCUT2D eigenvalue weighted by molar-refractivity contribution is 5.44. The predicted octanol–water partition coefficient (Wildman–Crippen LogP) is 4.58. The summed E-state index contributed by atoms with van der Waals surface area (Å²) in [5, 5.41) is 3.13. The maximum Gasteiger partial charge on any atom is 0.433 e. The minimum Gasteiger partial charge on any atom is -0.377 e. The molecule has 0 aliphatic heterocycles. The van der Waals surface area contributed by atoms with Gasteiger partial charge in [-0.25, -0.2) is 4.98 Å². The monoisotopic (exact) mass is 280 g/mol. The van der Waals surface area contributed by atoms with Gasteiger partial charge in [0.15, 0.2) is 0 Å². The van der Waals surface area contributed by atoms with Crippen molar-refractivity contribution in [2.24, 2.45) is 0 Å². The summed E-state index contributed by atoms with van der Waals surface area (Å²) in [6, 6.07) is 10.3. The fraction of sp³-hybridized carbons (Fsp3) is 0.267. The van der Waals surface area contributed by atoms with Gasteiger partial charge >= 0.3 is 6.18 Å². The predicted molar refractivity (Wildman–Crippen MR) is 72.5 cm³/mol. The highest BCUT2D eigenvalue weighted by Crippen LogP contribution is 2.28. The van der Waals surface area contributed by atoms with Gasteiger partial charge in [-0.1, -0.05) is 29.8 Å². The molecule has 2 rings (SSSR count). The Morgan fingerprint density at radius 2 is 1.90 bits per heavy atom. The molecule has 106 valence electrons. The molecule has 0 saturated carbocycles. The van der Waals surface area contributed by atoms with Gasteiger partial charge in [0.2, 0.25) is 0 Å². The fourth-order valence-electron chi connectivity index (χ4n) is 1.92. The summed E-state index contributed by atoms with van der Waals surface area (Å²) in [4.78, 5) is 3.43. The second kappa shape index (κ2) is 5.53. The molecule has 2 nitrogen and oxygen atoms in total. The summed E-state index contributed by atoms with van der Waals surface area (Å²) in [6.07, 6.45) is -3.20. The van der Waals surface area contributed by atoms with Crippen molar-refractivity contribution >= 4 is 5.69 Å². The number of nitrogens with zero attached hydrogens (tertiary/aromatic N) is 1. The van der Waals surface area contributed by atoms with E-state index in [1.165, 1.54) is 12.3 Å². The number of aryl methyl sites for hydroxylation is 1. The van der Waals surface area contributed by atoms with Crippen molar-refractivity contribution in [3.63, 3.8) is 0 Å². The topological polar surface area (TPSA) is 24.9 Å². The number of hydrogen-bond acceptors (Lipinski definition) is 2. The van der Waals surface area contributed by atoms with Crippen LogP contribution in [-0.2, 0) is 6.18 Å². The standard InChI is InChI=1S/C15H15F3N2/c1-10-4-3-5-12(8-10)11(2)20-13-6-7-14(19-9-13)15(16,17)18/h3-9,11,20H,1-2H3. The average molecular weight is 280 g/mol. The van der Waals surface area contributed by atoms with E-state index in [0.29, 0.717) is 5.69 Å². The molecule has 0 amide bonds. The van der Waals surface area contributed by atoms with Crippen LogP contribution < -0.4 is 5.32 Å². The molecule has 0 spiro atoms. The van der Waals surface area contributed by atoms with Crippen LogP contribution in [0.4, 0.5) is 18.9 Å². The zero-order valence-electron chi connectivity index (χ0n) is 11.2. The molecule has 0 aliphatic rings. The number of rotatable bonds is 3. The van der Waals surface area contributed by atoms with E-state index in [-0.39, 0.29) is 6.04 Å². The third-order valence-electron chi connectivity index (χ3n) is 2.98. The maximum absolute atomic E-state index is 12.4. The van der Waals surface area contributed by atoms with Crippen LogP contribution in [0.15, 0.2) is 42.6 Å². The molecule has 0 bridgehead atoms. The molecule has 1 atom stereocenters. The molecular weight excluding hydrogens is 265 g/mol.